The lowest BCUT2D eigenvalue weighted by molar-refractivity contribution is -0.249. The highest BCUT2D eigenvalue weighted by atomic mass is 16.7. The van der Waals surface area contributed by atoms with Crippen molar-refractivity contribution in [2.45, 2.75) is 76.3 Å². The van der Waals surface area contributed by atoms with E-state index in [-0.39, 0.29) is 28.7 Å². The third kappa shape index (κ3) is 4.61. The molecule has 6 N–H and O–H groups in total. The number of aromatic hydroxyl groups is 2. The van der Waals surface area contributed by atoms with Crippen LogP contribution in [0, 0.1) is 6.92 Å². The van der Waals surface area contributed by atoms with Crippen molar-refractivity contribution in [2.24, 2.45) is 0 Å². The Hall–Kier alpha value is -3.68. The largest absolute Gasteiger partial charge is 0.507 e. The van der Waals surface area contributed by atoms with Crippen LogP contribution < -0.4 is 5.32 Å². The number of carbonyl (C=O) groups excluding carboxylic acids is 4. The molecule has 5 rings (SSSR count). The Bertz CT molecular complexity index is 1480. The van der Waals surface area contributed by atoms with Gasteiger partial charge in [-0.15, -0.1) is 0 Å². The lowest BCUT2D eigenvalue weighted by Gasteiger charge is -2.42. The summed E-state index contributed by atoms with van der Waals surface area (Å²) in [5.74, 6) is -4.13. The first-order valence-corrected chi connectivity index (χ1v) is 13.2. The monoisotopic (exact) mass is 569 g/mol. The number of rotatable bonds is 5. The van der Waals surface area contributed by atoms with Crippen LogP contribution in [0.2, 0.25) is 0 Å². The number of Topliss-reactive ketones (excluding diaryl/α,β-unsaturated/α-hetero) is 1. The number of fused-ring (bicyclic) bond motifs is 3. The van der Waals surface area contributed by atoms with Gasteiger partial charge in [-0.1, -0.05) is 18.2 Å². The Kier molecular flexibility index (Phi) is 7.24. The summed E-state index contributed by atoms with van der Waals surface area (Å²) in [7, 11) is 0. The van der Waals surface area contributed by atoms with Crippen molar-refractivity contribution in [1.82, 2.24) is 5.32 Å². The normalized spacial score (nSPS) is 28.9. The van der Waals surface area contributed by atoms with Crippen LogP contribution in [0.4, 0.5) is 0 Å². The number of aryl methyl sites for hydroxylation is 1. The second kappa shape index (κ2) is 10.3. The Labute approximate surface area is 234 Å². The minimum absolute atomic E-state index is 0.0367. The van der Waals surface area contributed by atoms with Crippen LogP contribution >= 0.6 is 0 Å². The van der Waals surface area contributed by atoms with E-state index >= 15 is 0 Å². The topological polar surface area (TPSA) is 200 Å². The predicted molar refractivity (Wildman–Crippen MR) is 140 cm³/mol. The Balaban J connectivity index is 1.64. The van der Waals surface area contributed by atoms with E-state index in [1.54, 1.807) is 26.0 Å². The van der Waals surface area contributed by atoms with Crippen molar-refractivity contribution in [2.75, 3.05) is 6.61 Å². The van der Waals surface area contributed by atoms with Crippen LogP contribution in [0.1, 0.15) is 81.3 Å². The predicted octanol–water partition coefficient (Wildman–Crippen LogP) is 0.479. The Morgan fingerprint density at radius 2 is 1.80 bits per heavy atom. The van der Waals surface area contributed by atoms with E-state index in [9.17, 15) is 44.7 Å². The highest BCUT2D eigenvalue weighted by Crippen LogP contribution is 2.52. The number of benzene rings is 2. The van der Waals surface area contributed by atoms with Crippen molar-refractivity contribution >= 4 is 23.3 Å². The highest BCUT2D eigenvalue weighted by molar-refractivity contribution is 6.31. The first-order chi connectivity index (χ1) is 19.3. The zero-order valence-electron chi connectivity index (χ0n) is 22.6. The van der Waals surface area contributed by atoms with Crippen LogP contribution in [-0.2, 0) is 25.5 Å². The van der Waals surface area contributed by atoms with Gasteiger partial charge >= 0.3 is 0 Å². The molecule has 2 aromatic carbocycles. The second-order valence-corrected chi connectivity index (χ2v) is 10.9. The van der Waals surface area contributed by atoms with Crippen LogP contribution in [0.5, 0.6) is 11.5 Å². The minimum atomic E-state index is -2.27. The zero-order valence-corrected chi connectivity index (χ0v) is 22.6. The van der Waals surface area contributed by atoms with Crippen molar-refractivity contribution in [3.63, 3.8) is 0 Å². The van der Waals surface area contributed by atoms with Gasteiger partial charge in [-0.2, -0.15) is 0 Å². The fourth-order valence-corrected chi connectivity index (χ4v) is 6.15. The van der Waals surface area contributed by atoms with Crippen molar-refractivity contribution in [1.29, 1.82) is 0 Å². The average Bonchev–Trinajstić information content (AvgIpc) is 2.90. The van der Waals surface area contributed by atoms with Gasteiger partial charge in [-0.25, -0.2) is 0 Å². The molecule has 0 bridgehead atoms. The molecular weight excluding hydrogens is 538 g/mol. The molecule has 41 heavy (non-hydrogen) atoms. The number of hydrogen-bond donors (Lipinski definition) is 6. The minimum Gasteiger partial charge on any atom is -0.507 e. The van der Waals surface area contributed by atoms with Crippen molar-refractivity contribution < 1.29 is 54.2 Å². The molecule has 2 aromatic rings. The highest BCUT2D eigenvalue weighted by Gasteiger charge is 2.50. The van der Waals surface area contributed by atoms with E-state index in [1.807, 2.05) is 0 Å². The van der Waals surface area contributed by atoms with E-state index in [1.165, 1.54) is 13.0 Å². The van der Waals surface area contributed by atoms with Crippen LogP contribution in [-0.4, -0.2) is 85.5 Å². The maximum Gasteiger partial charge on any atom is 0.217 e. The number of ether oxygens (including phenoxy) is 2. The number of amides is 1. The van der Waals surface area contributed by atoms with Gasteiger partial charge < -0.3 is 40.3 Å². The summed E-state index contributed by atoms with van der Waals surface area (Å²) < 4.78 is 11.9. The summed E-state index contributed by atoms with van der Waals surface area (Å²) >= 11 is 0. The number of aliphatic hydroxyl groups excluding tert-OH is 2. The third-order valence-corrected chi connectivity index (χ3v) is 8.18. The Morgan fingerprint density at radius 1 is 1.12 bits per heavy atom. The van der Waals surface area contributed by atoms with Crippen LogP contribution in [0.15, 0.2) is 18.2 Å². The van der Waals surface area contributed by atoms with Crippen LogP contribution in [0.3, 0.4) is 0 Å². The van der Waals surface area contributed by atoms with Crippen molar-refractivity contribution in [3.05, 3.63) is 57.1 Å². The van der Waals surface area contributed by atoms with Gasteiger partial charge in [0.1, 0.15) is 29.8 Å². The molecule has 12 nitrogen and oxygen atoms in total. The Morgan fingerprint density at radius 3 is 2.46 bits per heavy atom. The molecule has 1 fully saturated rings. The summed E-state index contributed by atoms with van der Waals surface area (Å²) in [6.45, 7) is 3.44. The molecule has 1 amide bonds. The standard InChI is InChI=1S/C29H31NO11/c1-11-5-4-6-14-20(11)27(37)23-22(25(14)35)26(36)15-8-29(39,18(33)10-31)9-17(21(15)28(23)38)41-19-7-16(30-13(3)32)24(34)12(2)40-19/h4-6,12,16-17,19,24,31,34,36,38-39H,7-10H2,1-3H3,(H,30,32). The fraction of sp³-hybridized carbons (Fsp3) is 0.448. The number of aliphatic hydroxyl groups is 3. The first kappa shape index (κ1) is 28.8. The molecule has 0 radical (unpaired) electrons. The number of ketones is 3. The SMILES string of the molecule is CC(=O)NC1CC(OC2CC(O)(C(=O)CO)Cc3c(O)c4c(c(O)c32)C(=O)c2c(C)cccc2C4=O)OC(C)C1O. The molecule has 1 aliphatic heterocycles. The molecule has 0 aromatic heterocycles. The number of carbonyl (C=O) groups is 4. The van der Waals surface area contributed by atoms with Crippen LogP contribution in [0.25, 0.3) is 0 Å². The lowest BCUT2D eigenvalue weighted by Crippen LogP contribution is -2.55. The van der Waals surface area contributed by atoms with Gasteiger partial charge in [-0.3, -0.25) is 19.2 Å². The van der Waals surface area contributed by atoms with Gasteiger partial charge in [-0.05, 0) is 19.4 Å². The summed E-state index contributed by atoms with van der Waals surface area (Å²) in [5, 5.41) is 56.9. The van der Waals surface area contributed by atoms with Gasteiger partial charge in [0, 0.05) is 48.4 Å². The number of nitrogens with one attached hydrogen (secondary N) is 1. The lowest BCUT2D eigenvalue weighted by atomic mass is 9.71. The number of phenolic OH excluding ortho intramolecular Hbond substituents is 2. The van der Waals surface area contributed by atoms with E-state index in [2.05, 4.69) is 5.32 Å². The van der Waals surface area contributed by atoms with Gasteiger partial charge in [0.25, 0.3) is 0 Å². The molecule has 1 saturated heterocycles. The fourth-order valence-electron chi connectivity index (χ4n) is 6.15. The molecule has 2 aliphatic carbocycles. The van der Waals surface area contributed by atoms with Crippen molar-refractivity contribution in [3.8, 4) is 11.5 Å². The maximum absolute atomic E-state index is 13.6. The van der Waals surface area contributed by atoms with E-state index in [0.717, 1.165) is 0 Å². The molecule has 6 atom stereocenters. The molecule has 0 saturated carbocycles. The summed E-state index contributed by atoms with van der Waals surface area (Å²) in [6.07, 6.45) is -5.51. The quantitative estimate of drug-likeness (QED) is 0.234. The van der Waals surface area contributed by atoms with E-state index < -0.39 is 102 Å². The molecule has 6 unspecified atom stereocenters. The summed E-state index contributed by atoms with van der Waals surface area (Å²) in [6, 6.07) is 3.88. The molecule has 1 heterocycles. The van der Waals surface area contributed by atoms with Gasteiger partial charge in [0.05, 0.1) is 29.4 Å². The molecule has 218 valence electrons. The third-order valence-electron chi connectivity index (χ3n) is 8.18. The molecule has 3 aliphatic rings. The smallest absolute Gasteiger partial charge is 0.217 e. The summed E-state index contributed by atoms with van der Waals surface area (Å²) in [5.41, 5.74) is -2.85. The first-order valence-electron chi connectivity index (χ1n) is 13.2. The molecule has 0 spiro atoms. The van der Waals surface area contributed by atoms with E-state index in [0.29, 0.717) is 5.56 Å². The van der Waals surface area contributed by atoms with E-state index in [4.69, 9.17) is 9.47 Å². The maximum atomic E-state index is 13.6. The zero-order chi connectivity index (χ0) is 30.0. The average molecular weight is 570 g/mol. The van der Waals surface area contributed by atoms with Gasteiger partial charge in [0.2, 0.25) is 5.91 Å². The van der Waals surface area contributed by atoms with Gasteiger partial charge in [0.15, 0.2) is 23.6 Å². The number of phenols is 2. The molecule has 12 heteroatoms. The second-order valence-electron chi connectivity index (χ2n) is 10.9. The number of hydrogen-bond acceptors (Lipinski definition) is 11. The summed E-state index contributed by atoms with van der Waals surface area (Å²) in [4.78, 5) is 51.5. The molecular formula is C29H31NO11.